The molecular formula is C31H42N2O5S2. The molecule has 218 valence electrons. The van der Waals surface area contributed by atoms with Crippen molar-refractivity contribution in [1.82, 2.24) is 9.62 Å². The molecule has 2 aromatic carbocycles. The first kappa shape index (κ1) is 32.0. The minimum absolute atomic E-state index is 0.0106. The number of hydrogen-bond acceptors (Lipinski definition) is 6. The zero-order valence-corrected chi connectivity index (χ0v) is 25.5. The van der Waals surface area contributed by atoms with Crippen LogP contribution in [0.2, 0.25) is 0 Å². The number of hydrogen-bond donors (Lipinski definition) is 3. The summed E-state index contributed by atoms with van der Waals surface area (Å²) < 4.78 is 28.2. The number of aryl methyl sites for hydroxylation is 3. The quantitative estimate of drug-likeness (QED) is 0.208. The molecule has 0 aliphatic heterocycles. The van der Waals surface area contributed by atoms with Crippen molar-refractivity contribution in [3.05, 3.63) is 76.0 Å². The molecule has 0 amide bonds. The number of rotatable bonds is 16. The molecule has 0 bridgehead atoms. The van der Waals surface area contributed by atoms with Gasteiger partial charge in [-0.1, -0.05) is 43.3 Å². The van der Waals surface area contributed by atoms with E-state index in [1.54, 1.807) is 23.5 Å². The molecule has 3 rings (SSSR count). The zero-order chi connectivity index (χ0) is 29.3. The highest BCUT2D eigenvalue weighted by atomic mass is 32.2. The van der Waals surface area contributed by atoms with Crippen LogP contribution in [0.3, 0.4) is 0 Å². The van der Waals surface area contributed by atoms with Crippen molar-refractivity contribution in [2.24, 2.45) is 0 Å². The SMILES string of the molecule is CCc1cc(-c2ccc(CCC(=O)O)cc2)ccc1S(=O)(=O)N(C)CC(O)CNC(C)(C)CCCc1cccs1. The molecular weight excluding hydrogens is 544 g/mol. The maximum Gasteiger partial charge on any atom is 0.303 e. The summed E-state index contributed by atoms with van der Waals surface area (Å²) in [6, 6.07) is 17.2. The van der Waals surface area contributed by atoms with Gasteiger partial charge in [-0.15, -0.1) is 11.3 Å². The third-order valence-electron chi connectivity index (χ3n) is 7.13. The fourth-order valence-electron chi connectivity index (χ4n) is 4.67. The van der Waals surface area contributed by atoms with E-state index in [0.717, 1.165) is 36.0 Å². The lowest BCUT2D eigenvalue weighted by atomic mass is 9.96. The monoisotopic (exact) mass is 586 g/mol. The number of nitrogens with zero attached hydrogens (tertiary/aromatic N) is 1. The topological polar surface area (TPSA) is 107 Å². The molecule has 1 aromatic heterocycles. The molecule has 7 nitrogen and oxygen atoms in total. The van der Waals surface area contributed by atoms with E-state index < -0.39 is 22.1 Å². The van der Waals surface area contributed by atoms with Crippen LogP contribution in [0.1, 0.15) is 56.0 Å². The third kappa shape index (κ3) is 9.24. The summed E-state index contributed by atoms with van der Waals surface area (Å²) in [4.78, 5) is 12.4. The Balaban J connectivity index is 1.60. The maximum atomic E-state index is 13.5. The smallest absolute Gasteiger partial charge is 0.303 e. The van der Waals surface area contributed by atoms with Crippen LogP contribution in [0.15, 0.2) is 64.9 Å². The molecule has 0 aliphatic carbocycles. The molecule has 40 heavy (non-hydrogen) atoms. The summed E-state index contributed by atoms with van der Waals surface area (Å²) in [5.41, 5.74) is 3.31. The van der Waals surface area contributed by atoms with Crippen molar-refractivity contribution in [3.8, 4) is 11.1 Å². The standard InChI is InChI=1S/C31H42N2O5S2/c1-5-24-20-26(25-13-10-23(11-14-25)12-17-30(35)36)15-16-29(24)40(37,38)33(4)22-27(34)21-32-31(2,3)18-6-8-28-9-7-19-39-28/h7,9-11,13-16,19-20,27,32,34H,5-6,8,12,17-18,21-22H2,1-4H3,(H,35,36). The van der Waals surface area contributed by atoms with Gasteiger partial charge in [0, 0.05) is 37.0 Å². The van der Waals surface area contributed by atoms with Crippen LogP contribution in [-0.4, -0.2) is 60.7 Å². The Morgan fingerprint density at radius 3 is 2.40 bits per heavy atom. The van der Waals surface area contributed by atoms with E-state index in [4.69, 9.17) is 5.11 Å². The molecule has 0 saturated heterocycles. The molecule has 1 unspecified atom stereocenters. The maximum absolute atomic E-state index is 13.5. The van der Waals surface area contributed by atoms with Crippen LogP contribution in [0, 0.1) is 0 Å². The Labute approximate surface area is 242 Å². The molecule has 0 spiro atoms. The van der Waals surface area contributed by atoms with Crippen LogP contribution in [0.4, 0.5) is 0 Å². The number of carboxylic acid groups (broad SMARTS) is 1. The Morgan fingerprint density at radius 1 is 1.07 bits per heavy atom. The second-order valence-electron chi connectivity index (χ2n) is 10.9. The van der Waals surface area contributed by atoms with Crippen LogP contribution in [0.25, 0.3) is 11.1 Å². The lowest BCUT2D eigenvalue weighted by Gasteiger charge is -2.29. The van der Waals surface area contributed by atoms with Gasteiger partial charge in [-0.05, 0) is 91.8 Å². The second-order valence-corrected chi connectivity index (χ2v) is 13.9. The molecule has 0 aliphatic rings. The first-order valence-corrected chi connectivity index (χ1v) is 16.1. The Kier molecular flexibility index (Phi) is 11.5. The number of aliphatic hydroxyl groups excluding tert-OH is 1. The van der Waals surface area contributed by atoms with Gasteiger partial charge in [-0.25, -0.2) is 8.42 Å². The van der Waals surface area contributed by atoms with Gasteiger partial charge in [-0.2, -0.15) is 4.31 Å². The number of aliphatic carboxylic acids is 1. The Bertz CT molecular complexity index is 1340. The molecule has 9 heteroatoms. The highest BCUT2D eigenvalue weighted by molar-refractivity contribution is 7.89. The summed E-state index contributed by atoms with van der Waals surface area (Å²) in [5.74, 6) is -0.827. The Hall–Kier alpha value is -2.56. The number of carbonyl (C=O) groups is 1. The van der Waals surface area contributed by atoms with Crippen molar-refractivity contribution >= 4 is 27.3 Å². The normalized spacial score (nSPS) is 13.1. The van der Waals surface area contributed by atoms with E-state index in [2.05, 4.69) is 36.7 Å². The summed E-state index contributed by atoms with van der Waals surface area (Å²) >= 11 is 1.76. The zero-order valence-electron chi connectivity index (χ0n) is 23.9. The molecule has 1 atom stereocenters. The molecule has 3 N–H and O–H groups in total. The predicted octanol–water partition coefficient (Wildman–Crippen LogP) is 5.37. The number of benzene rings is 2. The second kappa shape index (κ2) is 14.4. The van der Waals surface area contributed by atoms with Gasteiger partial charge < -0.3 is 15.5 Å². The minimum Gasteiger partial charge on any atom is -0.481 e. The first-order chi connectivity index (χ1) is 18.9. The van der Waals surface area contributed by atoms with E-state index in [1.807, 2.05) is 37.3 Å². The number of thiophene rings is 1. The van der Waals surface area contributed by atoms with Crippen molar-refractivity contribution < 1.29 is 23.4 Å². The summed E-state index contributed by atoms with van der Waals surface area (Å²) in [6.07, 6.45) is 3.25. The van der Waals surface area contributed by atoms with E-state index in [9.17, 15) is 18.3 Å². The summed E-state index contributed by atoms with van der Waals surface area (Å²) in [7, 11) is -2.29. The molecule has 0 radical (unpaired) electrons. The number of aliphatic hydroxyl groups is 1. The lowest BCUT2D eigenvalue weighted by molar-refractivity contribution is -0.136. The first-order valence-electron chi connectivity index (χ1n) is 13.8. The van der Waals surface area contributed by atoms with Crippen LogP contribution in [0.5, 0.6) is 0 Å². The number of β-amino-alcohol motifs (C(OH)–C–C–N with tert-alkyl or cyclic N) is 1. The number of likely N-dealkylation sites (N-methyl/N-ethyl adjacent to an activating group) is 1. The summed E-state index contributed by atoms with van der Waals surface area (Å²) in [5, 5.41) is 25.1. The average Bonchev–Trinajstić information content (AvgIpc) is 3.44. The minimum atomic E-state index is -3.80. The molecule has 3 aromatic rings. The van der Waals surface area contributed by atoms with E-state index >= 15 is 0 Å². The fourth-order valence-corrected chi connectivity index (χ4v) is 6.90. The van der Waals surface area contributed by atoms with Gasteiger partial charge in [0.1, 0.15) is 0 Å². The molecule has 0 saturated carbocycles. The van der Waals surface area contributed by atoms with Crippen LogP contribution in [-0.2, 0) is 34.1 Å². The van der Waals surface area contributed by atoms with E-state index in [0.29, 0.717) is 24.9 Å². The van der Waals surface area contributed by atoms with Gasteiger partial charge in [-0.3, -0.25) is 4.79 Å². The number of sulfonamides is 1. The van der Waals surface area contributed by atoms with Gasteiger partial charge in [0.2, 0.25) is 10.0 Å². The van der Waals surface area contributed by atoms with Gasteiger partial charge >= 0.3 is 5.97 Å². The van der Waals surface area contributed by atoms with Crippen molar-refractivity contribution in [3.63, 3.8) is 0 Å². The fraction of sp³-hybridized carbons (Fsp3) is 0.452. The van der Waals surface area contributed by atoms with Crippen molar-refractivity contribution in [1.29, 1.82) is 0 Å². The van der Waals surface area contributed by atoms with Crippen LogP contribution < -0.4 is 5.32 Å². The predicted molar refractivity (Wildman–Crippen MR) is 162 cm³/mol. The number of carboxylic acids is 1. The number of nitrogens with one attached hydrogen (secondary N) is 1. The molecule has 0 fully saturated rings. The van der Waals surface area contributed by atoms with E-state index in [1.165, 1.54) is 16.2 Å². The lowest BCUT2D eigenvalue weighted by Crippen LogP contribution is -2.46. The van der Waals surface area contributed by atoms with Gasteiger partial charge in [0.15, 0.2) is 0 Å². The Morgan fingerprint density at radius 2 is 1.77 bits per heavy atom. The van der Waals surface area contributed by atoms with Gasteiger partial charge in [0.05, 0.1) is 11.0 Å². The average molecular weight is 587 g/mol. The highest BCUT2D eigenvalue weighted by Crippen LogP contribution is 2.28. The van der Waals surface area contributed by atoms with E-state index in [-0.39, 0.29) is 23.4 Å². The van der Waals surface area contributed by atoms with Crippen LogP contribution >= 0.6 is 11.3 Å². The van der Waals surface area contributed by atoms with Crippen molar-refractivity contribution in [2.75, 3.05) is 20.1 Å². The third-order valence-corrected chi connectivity index (χ3v) is 9.99. The van der Waals surface area contributed by atoms with Crippen molar-refractivity contribution in [2.45, 2.75) is 75.8 Å². The highest BCUT2D eigenvalue weighted by Gasteiger charge is 2.26. The molecule has 1 heterocycles. The largest absolute Gasteiger partial charge is 0.481 e. The summed E-state index contributed by atoms with van der Waals surface area (Å²) in [6.45, 7) is 6.42. The van der Waals surface area contributed by atoms with Gasteiger partial charge in [0.25, 0.3) is 0 Å².